The molecule has 1 heterocycles. The zero-order chi connectivity index (χ0) is 13.3. The van der Waals surface area contributed by atoms with Gasteiger partial charge in [0.2, 0.25) is 0 Å². The van der Waals surface area contributed by atoms with Crippen molar-refractivity contribution < 1.29 is 9.90 Å². The minimum atomic E-state index is -0.673. The highest BCUT2D eigenvalue weighted by molar-refractivity contribution is 7.09. The summed E-state index contributed by atoms with van der Waals surface area (Å²) >= 11 is 1.58. The van der Waals surface area contributed by atoms with Gasteiger partial charge in [-0.05, 0) is 38.0 Å². The summed E-state index contributed by atoms with van der Waals surface area (Å²) in [6, 6.07) is -0.177. The first-order valence-corrected chi connectivity index (χ1v) is 7.70. The molecule has 0 spiro atoms. The number of thiazole rings is 1. The number of amides is 2. The first-order valence-electron chi connectivity index (χ1n) is 6.82. The summed E-state index contributed by atoms with van der Waals surface area (Å²) in [6.45, 7) is 0.341. The Morgan fingerprint density at radius 3 is 2.89 bits per heavy atom. The van der Waals surface area contributed by atoms with E-state index >= 15 is 0 Å². The number of hydrogen-bond acceptors (Lipinski definition) is 4. The molecule has 1 aromatic heterocycles. The Kier molecular flexibility index (Phi) is 3.45. The van der Waals surface area contributed by atoms with Gasteiger partial charge in [0.05, 0.1) is 11.6 Å². The fraction of sp³-hybridized carbons (Fsp3) is 0.692. The van der Waals surface area contributed by atoms with Gasteiger partial charge in [-0.3, -0.25) is 0 Å². The van der Waals surface area contributed by atoms with E-state index in [4.69, 9.17) is 0 Å². The van der Waals surface area contributed by atoms with Crippen molar-refractivity contribution in [2.45, 2.75) is 43.7 Å². The Morgan fingerprint density at radius 1 is 1.58 bits per heavy atom. The van der Waals surface area contributed by atoms with Crippen LogP contribution >= 0.6 is 11.3 Å². The minimum Gasteiger partial charge on any atom is -0.388 e. The summed E-state index contributed by atoms with van der Waals surface area (Å²) < 4.78 is 0. The third-order valence-electron chi connectivity index (χ3n) is 3.96. The van der Waals surface area contributed by atoms with Gasteiger partial charge in [0.15, 0.2) is 0 Å². The molecule has 1 unspecified atom stereocenters. The average Bonchev–Trinajstić information content (AvgIpc) is 3.06. The molecule has 0 aliphatic heterocycles. The fourth-order valence-corrected chi connectivity index (χ4v) is 3.18. The lowest BCUT2D eigenvalue weighted by Gasteiger charge is -2.36. The van der Waals surface area contributed by atoms with Gasteiger partial charge in [-0.15, -0.1) is 11.3 Å². The van der Waals surface area contributed by atoms with E-state index in [9.17, 15) is 9.90 Å². The number of aromatic nitrogens is 1. The third-order valence-corrected chi connectivity index (χ3v) is 4.82. The Morgan fingerprint density at radius 2 is 2.37 bits per heavy atom. The molecule has 104 valence electrons. The highest BCUT2D eigenvalue weighted by atomic mass is 32.1. The first-order chi connectivity index (χ1) is 9.16. The maximum Gasteiger partial charge on any atom is 0.315 e. The van der Waals surface area contributed by atoms with Crippen LogP contribution in [0.4, 0.5) is 4.79 Å². The molecule has 3 N–H and O–H groups in total. The van der Waals surface area contributed by atoms with Crippen molar-refractivity contribution in [2.24, 2.45) is 5.92 Å². The van der Waals surface area contributed by atoms with Crippen molar-refractivity contribution in [3.63, 3.8) is 0 Å². The summed E-state index contributed by atoms with van der Waals surface area (Å²) in [7, 11) is 0. The second-order valence-electron chi connectivity index (χ2n) is 5.59. The maximum absolute atomic E-state index is 11.9. The summed E-state index contributed by atoms with van der Waals surface area (Å²) in [4.78, 5) is 16.2. The molecule has 0 radical (unpaired) electrons. The standard InChI is InChI=1S/C13H19N3O2S/c17-12(15-8-13(18)4-1-5-13)16-10(9-2-3-9)11-14-6-7-19-11/h6-7,9-10,18H,1-5,8H2,(H2,15,16,17). The highest BCUT2D eigenvalue weighted by Gasteiger charge is 2.37. The number of carbonyl (C=O) groups is 1. The lowest BCUT2D eigenvalue weighted by atomic mass is 9.80. The van der Waals surface area contributed by atoms with E-state index in [1.807, 2.05) is 5.38 Å². The van der Waals surface area contributed by atoms with Crippen LogP contribution in [0, 0.1) is 5.92 Å². The Bertz CT molecular complexity index is 441. The fourth-order valence-electron chi connectivity index (χ4n) is 2.40. The number of aliphatic hydroxyl groups is 1. The number of hydrogen-bond donors (Lipinski definition) is 3. The normalized spacial score (nSPS) is 22.4. The summed E-state index contributed by atoms with van der Waals surface area (Å²) in [5, 5.41) is 18.6. The summed E-state index contributed by atoms with van der Waals surface area (Å²) in [6.07, 6.45) is 6.68. The van der Waals surface area contributed by atoms with Crippen molar-refractivity contribution in [1.82, 2.24) is 15.6 Å². The van der Waals surface area contributed by atoms with Crippen molar-refractivity contribution >= 4 is 17.4 Å². The predicted octanol–water partition coefficient (Wildman–Crippen LogP) is 1.81. The molecule has 1 aromatic rings. The predicted molar refractivity (Wildman–Crippen MR) is 72.9 cm³/mol. The van der Waals surface area contributed by atoms with Crippen molar-refractivity contribution in [3.05, 3.63) is 16.6 Å². The molecular weight excluding hydrogens is 262 g/mol. The van der Waals surface area contributed by atoms with Crippen molar-refractivity contribution in [1.29, 1.82) is 0 Å². The molecule has 3 rings (SSSR count). The van der Waals surface area contributed by atoms with Crippen LogP contribution in [-0.4, -0.2) is 28.3 Å². The third kappa shape index (κ3) is 3.06. The van der Waals surface area contributed by atoms with E-state index in [2.05, 4.69) is 15.6 Å². The molecular formula is C13H19N3O2S. The SMILES string of the molecule is O=C(NCC1(O)CCC1)NC(c1nccs1)C1CC1. The van der Waals surface area contributed by atoms with Gasteiger partial charge in [0.25, 0.3) is 0 Å². The van der Waals surface area contributed by atoms with Gasteiger partial charge < -0.3 is 15.7 Å². The lowest BCUT2D eigenvalue weighted by Crippen LogP contribution is -2.50. The molecule has 2 aliphatic rings. The van der Waals surface area contributed by atoms with Gasteiger partial charge in [0.1, 0.15) is 5.01 Å². The van der Waals surface area contributed by atoms with E-state index < -0.39 is 5.60 Å². The zero-order valence-electron chi connectivity index (χ0n) is 10.8. The number of nitrogens with zero attached hydrogens (tertiary/aromatic N) is 1. The zero-order valence-corrected chi connectivity index (χ0v) is 11.6. The largest absolute Gasteiger partial charge is 0.388 e. The molecule has 0 saturated heterocycles. The van der Waals surface area contributed by atoms with Crippen molar-refractivity contribution in [2.75, 3.05) is 6.54 Å². The van der Waals surface area contributed by atoms with Crippen LogP contribution in [-0.2, 0) is 0 Å². The van der Waals surface area contributed by atoms with Crippen LogP contribution in [0.1, 0.15) is 43.2 Å². The van der Waals surface area contributed by atoms with Crippen LogP contribution in [0.15, 0.2) is 11.6 Å². The Hall–Kier alpha value is -1.14. The molecule has 19 heavy (non-hydrogen) atoms. The number of urea groups is 1. The van der Waals surface area contributed by atoms with E-state index in [1.54, 1.807) is 17.5 Å². The van der Waals surface area contributed by atoms with E-state index in [-0.39, 0.29) is 12.1 Å². The molecule has 2 saturated carbocycles. The molecule has 0 bridgehead atoms. The highest BCUT2D eigenvalue weighted by Crippen LogP contribution is 2.41. The topological polar surface area (TPSA) is 74.2 Å². The number of rotatable bonds is 5. The van der Waals surface area contributed by atoms with Crippen LogP contribution in [0.3, 0.4) is 0 Å². The van der Waals surface area contributed by atoms with E-state index in [1.165, 1.54) is 0 Å². The van der Waals surface area contributed by atoms with Gasteiger partial charge in [-0.2, -0.15) is 0 Å². The Labute approximate surface area is 116 Å². The van der Waals surface area contributed by atoms with Crippen LogP contribution < -0.4 is 10.6 Å². The van der Waals surface area contributed by atoms with Crippen molar-refractivity contribution in [3.8, 4) is 0 Å². The molecule has 0 aromatic carbocycles. The molecule has 2 aliphatic carbocycles. The van der Waals surface area contributed by atoms with Gasteiger partial charge >= 0.3 is 6.03 Å². The monoisotopic (exact) mass is 281 g/mol. The van der Waals surface area contributed by atoms with Crippen LogP contribution in [0.2, 0.25) is 0 Å². The smallest absolute Gasteiger partial charge is 0.315 e. The molecule has 6 heteroatoms. The molecule has 5 nitrogen and oxygen atoms in total. The minimum absolute atomic E-state index is 0.0241. The van der Waals surface area contributed by atoms with E-state index in [0.29, 0.717) is 12.5 Å². The molecule has 2 fully saturated rings. The van der Waals surface area contributed by atoms with Crippen LogP contribution in [0.25, 0.3) is 0 Å². The summed E-state index contributed by atoms with van der Waals surface area (Å²) in [5.41, 5.74) is -0.673. The maximum atomic E-state index is 11.9. The Balaban J connectivity index is 1.52. The van der Waals surface area contributed by atoms with Gasteiger partial charge in [0, 0.05) is 18.1 Å². The second kappa shape index (κ2) is 5.09. The average molecular weight is 281 g/mol. The van der Waals surface area contributed by atoms with Gasteiger partial charge in [-0.1, -0.05) is 0 Å². The van der Waals surface area contributed by atoms with E-state index in [0.717, 1.165) is 37.1 Å². The number of nitrogens with one attached hydrogen (secondary N) is 2. The number of carbonyl (C=O) groups excluding carboxylic acids is 1. The molecule has 1 atom stereocenters. The quantitative estimate of drug-likeness (QED) is 0.770. The van der Waals surface area contributed by atoms with Gasteiger partial charge in [-0.25, -0.2) is 9.78 Å². The summed E-state index contributed by atoms with van der Waals surface area (Å²) in [5.74, 6) is 0.517. The second-order valence-corrected chi connectivity index (χ2v) is 6.52. The lowest BCUT2D eigenvalue weighted by molar-refractivity contribution is -0.0290. The molecule has 2 amide bonds. The first kappa shape index (κ1) is 12.9. The van der Waals surface area contributed by atoms with Crippen LogP contribution in [0.5, 0.6) is 0 Å².